The molecule has 4 nitrogen and oxygen atoms in total. The number of hydrogen-bond donors (Lipinski definition) is 2. The van der Waals surface area contributed by atoms with Crippen molar-refractivity contribution in [2.75, 3.05) is 6.54 Å². The molecule has 0 saturated heterocycles. The number of nitrogens with one attached hydrogen (secondary N) is 1. The molecule has 0 bridgehead atoms. The average Bonchev–Trinajstić information content (AvgIpc) is 2.91. The third-order valence-electron chi connectivity index (χ3n) is 2.75. The first-order valence-electron chi connectivity index (χ1n) is 6.01. The zero-order valence-electron chi connectivity index (χ0n) is 10.9. The van der Waals surface area contributed by atoms with E-state index >= 15 is 0 Å². The molecule has 2 rings (SSSR count). The monoisotopic (exact) mass is 360 g/mol. The summed E-state index contributed by atoms with van der Waals surface area (Å²) in [7, 11) is -3.65. The number of sulfonamides is 1. The van der Waals surface area contributed by atoms with Crippen LogP contribution in [-0.4, -0.2) is 20.0 Å². The Bertz CT molecular complexity index is 743. The standard InChI is InChI=1S/C13H13ClN2O2S3/c14-11-8-9(13(15)19)3-4-12(11)21(17,18)16-6-5-10-2-1-7-20-10/h1-4,7-8,16H,5-6H2,(H2,15,19). The Morgan fingerprint density at radius 2 is 2.14 bits per heavy atom. The SMILES string of the molecule is NC(=S)c1ccc(S(=O)(=O)NCCc2cccs2)c(Cl)c1. The van der Waals surface area contributed by atoms with E-state index in [1.807, 2.05) is 17.5 Å². The van der Waals surface area contributed by atoms with Gasteiger partial charge in [-0.15, -0.1) is 11.3 Å². The maximum Gasteiger partial charge on any atom is 0.242 e. The van der Waals surface area contributed by atoms with Crippen LogP contribution in [0.2, 0.25) is 5.02 Å². The first-order chi connectivity index (χ1) is 9.90. The van der Waals surface area contributed by atoms with Crippen molar-refractivity contribution >= 4 is 50.2 Å². The van der Waals surface area contributed by atoms with Gasteiger partial charge >= 0.3 is 0 Å². The van der Waals surface area contributed by atoms with Crippen molar-refractivity contribution in [3.63, 3.8) is 0 Å². The minimum Gasteiger partial charge on any atom is -0.389 e. The number of rotatable bonds is 6. The average molecular weight is 361 g/mol. The van der Waals surface area contributed by atoms with E-state index in [4.69, 9.17) is 29.6 Å². The van der Waals surface area contributed by atoms with Crippen molar-refractivity contribution in [1.29, 1.82) is 0 Å². The van der Waals surface area contributed by atoms with Crippen LogP contribution >= 0.6 is 35.2 Å². The van der Waals surface area contributed by atoms with Crippen molar-refractivity contribution in [3.8, 4) is 0 Å². The maximum atomic E-state index is 12.2. The minimum atomic E-state index is -3.65. The zero-order valence-corrected chi connectivity index (χ0v) is 14.1. The van der Waals surface area contributed by atoms with Crippen LogP contribution in [0.3, 0.4) is 0 Å². The Kier molecular flexibility index (Phi) is 5.34. The summed E-state index contributed by atoms with van der Waals surface area (Å²) in [5.74, 6) is 0. The first kappa shape index (κ1) is 16.4. The molecule has 8 heteroatoms. The lowest BCUT2D eigenvalue weighted by molar-refractivity contribution is 0.582. The molecule has 1 heterocycles. The Balaban J connectivity index is 2.10. The van der Waals surface area contributed by atoms with Crippen LogP contribution in [0.1, 0.15) is 10.4 Å². The van der Waals surface area contributed by atoms with E-state index < -0.39 is 10.0 Å². The van der Waals surface area contributed by atoms with Crippen LogP contribution in [0.25, 0.3) is 0 Å². The normalized spacial score (nSPS) is 11.5. The molecule has 1 aromatic carbocycles. The van der Waals surface area contributed by atoms with Gasteiger partial charge in [-0.3, -0.25) is 0 Å². The highest BCUT2D eigenvalue weighted by Crippen LogP contribution is 2.22. The van der Waals surface area contributed by atoms with Gasteiger partial charge in [-0.25, -0.2) is 13.1 Å². The Hall–Kier alpha value is -0.990. The van der Waals surface area contributed by atoms with Crippen molar-refractivity contribution in [1.82, 2.24) is 4.72 Å². The smallest absolute Gasteiger partial charge is 0.242 e. The lowest BCUT2D eigenvalue weighted by Crippen LogP contribution is -2.26. The molecule has 0 spiro atoms. The fourth-order valence-corrected chi connectivity index (χ4v) is 4.12. The predicted octanol–water partition coefficient (Wildman–Crippen LogP) is 2.56. The third kappa shape index (κ3) is 4.24. The van der Waals surface area contributed by atoms with Gasteiger partial charge in [-0.05, 0) is 30.0 Å². The van der Waals surface area contributed by atoms with Gasteiger partial charge in [0.1, 0.15) is 9.88 Å². The topological polar surface area (TPSA) is 72.2 Å². The van der Waals surface area contributed by atoms with Gasteiger partial charge in [0.2, 0.25) is 10.0 Å². The van der Waals surface area contributed by atoms with E-state index in [0.717, 1.165) is 4.88 Å². The number of nitrogens with two attached hydrogens (primary N) is 1. The van der Waals surface area contributed by atoms with Crippen LogP contribution in [0.15, 0.2) is 40.6 Å². The summed E-state index contributed by atoms with van der Waals surface area (Å²) in [5, 5.41) is 2.05. The number of benzene rings is 1. The summed E-state index contributed by atoms with van der Waals surface area (Å²) in [6.07, 6.45) is 0.638. The molecule has 0 aliphatic rings. The van der Waals surface area contributed by atoms with E-state index in [1.54, 1.807) is 17.4 Å². The summed E-state index contributed by atoms with van der Waals surface area (Å²) in [4.78, 5) is 1.31. The summed E-state index contributed by atoms with van der Waals surface area (Å²) < 4.78 is 26.9. The van der Waals surface area contributed by atoms with E-state index in [2.05, 4.69) is 4.72 Å². The molecule has 0 aliphatic heterocycles. The predicted molar refractivity (Wildman–Crippen MR) is 90.6 cm³/mol. The second-order valence-electron chi connectivity index (χ2n) is 4.24. The van der Waals surface area contributed by atoms with Gasteiger partial charge in [0, 0.05) is 17.0 Å². The lowest BCUT2D eigenvalue weighted by Gasteiger charge is -2.09. The fourth-order valence-electron chi connectivity index (χ4n) is 1.71. The second kappa shape index (κ2) is 6.85. The van der Waals surface area contributed by atoms with Crippen molar-refractivity contribution in [2.24, 2.45) is 5.73 Å². The molecule has 0 saturated carbocycles. The number of thiophene rings is 1. The van der Waals surface area contributed by atoms with E-state index in [9.17, 15) is 8.42 Å². The number of hydrogen-bond acceptors (Lipinski definition) is 4. The molecule has 0 unspecified atom stereocenters. The van der Waals surface area contributed by atoms with Crippen LogP contribution in [0, 0.1) is 0 Å². The summed E-state index contributed by atoms with van der Waals surface area (Å²) in [6, 6.07) is 8.30. The number of thiocarbonyl (C=S) groups is 1. The first-order valence-corrected chi connectivity index (χ1v) is 9.16. The largest absolute Gasteiger partial charge is 0.389 e. The molecule has 0 aliphatic carbocycles. The summed E-state index contributed by atoms with van der Waals surface area (Å²) in [6.45, 7) is 0.316. The fraction of sp³-hybridized carbons (Fsp3) is 0.154. The molecule has 0 amide bonds. The van der Waals surface area contributed by atoms with E-state index in [1.165, 1.54) is 12.1 Å². The van der Waals surface area contributed by atoms with Crippen LogP contribution in [-0.2, 0) is 16.4 Å². The highest BCUT2D eigenvalue weighted by molar-refractivity contribution is 7.89. The van der Waals surface area contributed by atoms with Gasteiger partial charge in [-0.2, -0.15) is 0 Å². The Labute approximate surface area is 138 Å². The van der Waals surface area contributed by atoms with Crippen LogP contribution in [0.5, 0.6) is 0 Å². The maximum absolute atomic E-state index is 12.2. The molecule has 3 N–H and O–H groups in total. The van der Waals surface area contributed by atoms with Crippen molar-refractivity contribution in [3.05, 3.63) is 51.2 Å². The highest BCUT2D eigenvalue weighted by atomic mass is 35.5. The molecular weight excluding hydrogens is 348 g/mol. The third-order valence-corrected chi connectivity index (χ3v) is 5.87. The Morgan fingerprint density at radius 3 is 2.71 bits per heavy atom. The van der Waals surface area contributed by atoms with Crippen LogP contribution in [0.4, 0.5) is 0 Å². The number of halogens is 1. The van der Waals surface area contributed by atoms with Gasteiger partial charge in [0.25, 0.3) is 0 Å². The summed E-state index contributed by atoms with van der Waals surface area (Å²) >= 11 is 12.4. The molecule has 1 aromatic heterocycles. The molecule has 21 heavy (non-hydrogen) atoms. The van der Waals surface area contributed by atoms with Gasteiger partial charge < -0.3 is 5.73 Å². The van der Waals surface area contributed by atoms with Crippen LogP contribution < -0.4 is 10.5 Å². The van der Waals surface area contributed by atoms with E-state index in [0.29, 0.717) is 18.5 Å². The zero-order chi connectivity index (χ0) is 15.5. The lowest BCUT2D eigenvalue weighted by atomic mass is 10.2. The van der Waals surface area contributed by atoms with Crippen molar-refractivity contribution < 1.29 is 8.42 Å². The minimum absolute atomic E-state index is 0.0235. The van der Waals surface area contributed by atoms with Crippen molar-refractivity contribution in [2.45, 2.75) is 11.3 Å². The van der Waals surface area contributed by atoms with E-state index in [-0.39, 0.29) is 14.9 Å². The summed E-state index contributed by atoms with van der Waals surface area (Å²) in [5.41, 5.74) is 6.02. The molecule has 112 valence electrons. The molecule has 0 fully saturated rings. The van der Waals surface area contributed by atoms with Gasteiger partial charge in [-0.1, -0.05) is 36.0 Å². The molecule has 2 aromatic rings. The highest BCUT2D eigenvalue weighted by Gasteiger charge is 2.18. The quantitative estimate of drug-likeness (QED) is 0.776. The van der Waals surface area contributed by atoms with Gasteiger partial charge in [0.05, 0.1) is 5.02 Å². The van der Waals surface area contributed by atoms with Gasteiger partial charge in [0.15, 0.2) is 0 Å². The second-order valence-corrected chi connectivity index (χ2v) is 7.85. The molecular formula is C13H13ClN2O2S3. The molecule has 0 atom stereocenters. The Morgan fingerprint density at radius 1 is 1.38 bits per heavy atom. The molecule has 0 radical (unpaired) electrons.